The number of nitro benzene ring substituents is 1. The van der Waals surface area contributed by atoms with Crippen LogP contribution in [0.25, 0.3) is 6.08 Å². The summed E-state index contributed by atoms with van der Waals surface area (Å²) in [5.74, 6) is 0.0279. The number of nitrogens with zero attached hydrogens (tertiary/aromatic N) is 2. The SMILES string of the molecule is N#C/C(=C\c1ccc(OCc2ccc([N+](=O)[O-])cc2)c(Br)c1)C(=O)Nc1ccc(O)cc1. The van der Waals surface area contributed by atoms with Gasteiger partial charge in [0, 0.05) is 17.8 Å². The number of nitrogens with one attached hydrogen (secondary N) is 1. The average Bonchev–Trinajstić information content (AvgIpc) is 2.78. The van der Waals surface area contributed by atoms with Crippen LogP contribution in [0.3, 0.4) is 0 Å². The number of phenols is 1. The molecule has 3 aromatic rings. The predicted molar refractivity (Wildman–Crippen MR) is 122 cm³/mol. The van der Waals surface area contributed by atoms with E-state index in [9.17, 15) is 25.3 Å². The first kappa shape index (κ1) is 22.5. The molecule has 0 spiro atoms. The van der Waals surface area contributed by atoms with Crippen LogP contribution in [-0.2, 0) is 11.4 Å². The van der Waals surface area contributed by atoms with Crippen LogP contribution < -0.4 is 10.1 Å². The molecule has 2 N–H and O–H groups in total. The zero-order chi connectivity index (χ0) is 23.1. The monoisotopic (exact) mass is 493 g/mol. The molecule has 3 rings (SSSR count). The molecule has 0 saturated heterocycles. The molecule has 32 heavy (non-hydrogen) atoms. The van der Waals surface area contributed by atoms with E-state index < -0.39 is 10.8 Å². The Hall–Kier alpha value is -4.16. The molecule has 160 valence electrons. The number of halogens is 1. The average molecular weight is 494 g/mol. The van der Waals surface area contributed by atoms with Gasteiger partial charge in [-0.1, -0.05) is 6.07 Å². The number of nitriles is 1. The third-order valence-electron chi connectivity index (χ3n) is 4.30. The molecule has 0 bridgehead atoms. The van der Waals surface area contributed by atoms with Crippen LogP contribution in [0, 0.1) is 21.4 Å². The van der Waals surface area contributed by atoms with Gasteiger partial charge < -0.3 is 15.2 Å². The van der Waals surface area contributed by atoms with Crippen molar-refractivity contribution < 1.29 is 19.6 Å². The number of phenolic OH excluding ortho intramolecular Hbond substituents is 1. The second-order valence-electron chi connectivity index (χ2n) is 6.57. The van der Waals surface area contributed by atoms with Gasteiger partial charge in [0.15, 0.2) is 0 Å². The van der Waals surface area contributed by atoms with E-state index in [2.05, 4.69) is 21.2 Å². The summed E-state index contributed by atoms with van der Waals surface area (Å²) in [6, 6.07) is 18.9. The van der Waals surface area contributed by atoms with Crippen LogP contribution in [0.1, 0.15) is 11.1 Å². The number of hydrogen-bond acceptors (Lipinski definition) is 6. The van der Waals surface area contributed by atoms with Crippen molar-refractivity contribution in [3.8, 4) is 17.6 Å². The molecule has 0 heterocycles. The lowest BCUT2D eigenvalue weighted by Crippen LogP contribution is -2.13. The van der Waals surface area contributed by atoms with Gasteiger partial charge in [-0.3, -0.25) is 14.9 Å². The Balaban J connectivity index is 1.67. The lowest BCUT2D eigenvalue weighted by Gasteiger charge is -2.09. The highest BCUT2D eigenvalue weighted by Gasteiger charge is 2.11. The van der Waals surface area contributed by atoms with Crippen molar-refractivity contribution in [2.45, 2.75) is 6.61 Å². The van der Waals surface area contributed by atoms with Crippen molar-refractivity contribution in [1.82, 2.24) is 0 Å². The zero-order valence-corrected chi connectivity index (χ0v) is 18.1. The molecule has 9 heteroatoms. The van der Waals surface area contributed by atoms with E-state index in [4.69, 9.17) is 4.74 Å². The van der Waals surface area contributed by atoms with Gasteiger partial charge in [0.2, 0.25) is 0 Å². The number of non-ortho nitro benzene ring substituents is 1. The Kier molecular flexibility index (Phi) is 7.21. The Morgan fingerprint density at radius 3 is 2.44 bits per heavy atom. The van der Waals surface area contributed by atoms with E-state index in [-0.39, 0.29) is 23.6 Å². The number of hydrogen-bond donors (Lipinski definition) is 2. The topological polar surface area (TPSA) is 125 Å². The molecule has 0 aliphatic heterocycles. The first-order chi connectivity index (χ1) is 15.4. The van der Waals surface area contributed by atoms with Crippen LogP contribution in [0.2, 0.25) is 0 Å². The van der Waals surface area contributed by atoms with E-state index in [1.165, 1.54) is 42.5 Å². The molecule has 0 atom stereocenters. The summed E-state index contributed by atoms with van der Waals surface area (Å²) in [6.45, 7) is 0.213. The van der Waals surface area contributed by atoms with Gasteiger partial charge in [-0.25, -0.2) is 0 Å². The minimum absolute atomic E-state index is 0.00816. The van der Waals surface area contributed by atoms with Crippen molar-refractivity contribution in [3.63, 3.8) is 0 Å². The second kappa shape index (κ2) is 10.2. The van der Waals surface area contributed by atoms with E-state index in [1.54, 1.807) is 30.3 Å². The minimum atomic E-state index is -0.576. The molecular weight excluding hydrogens is 478 g/mol. The molecule has 0 aliphatic carbocycles. The highest BCUT2D eigenvalue weighted by molar-refractivity contribution is 9.10. The van der Waals surface area contributed by atoms with Gasteiger partial charge in [-0.2, -0.15) is 5.26 Å². The third-order valence-corrected chi connectivity index (χ3v) is 4.92. The lowest BCUT2D eigenvalue weighted by atomic mass is 10.1. The first-order valence-electron chi connectivity index (χ1n) is 9.23. The maximum Gasteiger partial charge on any atom is 0.269 e. The fourth-order valence-electron chi connectivity index (χ4n) is 2.66. The number of amides is 1. The summed E-state index contributed by atoms with van der Waals surface area (Å²) < 4.78 is 6.36. The highest BCUT2D eigenvalue weighted by atomic mass is 79.9. The summed E-state index contributed by atoms with van der Waals surface area (Å²) in [4.78, 5) is 22.6. The molecule has 3 aromatic carbocycles. The zero-order valence-electron chi connectivity index (χ0n) is 16.5. The van der Waals surface area contributed by atoms with Crippen LogP contribution in [0.5, 0.6) is 11.5 Å². The maximum atomic E-state index is 12.4. The molecule has 0 radical (unpaired) electrons. The minimum Gasteiger partial charge on any atom is -0.508 e. The predicted octanol–water partition coefficient (Wildman–Crippen LogP) is 5.19. The molecule has 0 aliphatic rings. The van der Waals surface area contributed by atoms with Crippen LogP contribution >= 0.6 is 15.9 Å². The summed E-state index contributed by atoms with van der Waals surface area (Å²) in [5.41, 5.74) is 1.74. The third kappa shape index (κ3) is 5.93. The second-order valence-corrected chi connectivity index (χ2v) is 7.43. The molecule has 0 unspecified atom stereocenters. The van der Waals surface area contributed by atoms with E-state index in [0.717, 1.165) is 5.56 Å². The van der Waals surface area contributed by atoms with Crippen LogP contribution in [0.15, 0.2) is 76.8 Å². The quantitative estimate of drug-likeness (QED) is 0.153. The standard InChI is InChI=1S/C23H16BrN3O5/c24-21-12-16(11-17(13-25)23(29)26-18-4-8-20(28)9-5-18)3-10-22(21)32-14-15-1-6-19(7-2-15)27(30)31/h1-12,28H,14H2,(H,26,29)/b17-11+. The van der Waals surface area contributed by atoms with Crippen molar-refractivity contribution in [2.75, 3.05) is 5.32 Å². The number of ether oxygens (including phenoxy) is 1. The number of rotatable bonds is 7. The lowest BCUT2D eigenvalue weighted by molar-refractivity contribution is -0.384. The maximum absolute atomic E-state index is 12.4. The molecular formula is C23H16BrN3O5. The van der Waals surface area contributed by atoms with E-state index in [0.29, 0.717) is 21.5 Å². The van der Waals surface area contributed by atoms with E-state index in [1.807, 2.05) is 6.07 Å². The summed E-state index contributed by atoms with van der Waals surface area (Å²) in [5, 5.41) is 32.0. The Morgan fingerprint density at radius 2 is 1.84 bits per heavy atom. The summed E-state index contributed by atoms with van der Waals surface area (Å²) >= 11 is 3.41. The number of benzene rings is 3. The van der Waals surface area contributed by atoms with Gasteiger partial charge in [-0.05, 0) is 81.7 Å². The molecule has 0 fully saturated rings. The van der Waals surface area contributed by atoms with Crippen molar-refractivity contribution >= 4 is 39.3 Å². The van der Waals surface area contributed by atoms with Gasteiger partial charge >= 0.3 is 0 Å². The Morgan fingerprint density at radius 1 is 1.16 bits per heavy atom. The van der Waals surface area contributed by atoms with Gasteiger partial charge in [0.1, 0.15) is 29.7 Å². The van der Waals surface area contributed by atoms with Crippen molar-refractivity contribution in [1.29, 1.82) is 5.26 Å². The first-order valence-corrected chi connectivity index (χ1v) is 10.0. The normalized spacial score (nSPS) is 10.8. The van der Waals surface area contributed by atoms with E-state index >= 15 is 0 Å². The molecule has 0 aromatic heterocycles. The highest BCUT2D eigenvalue weighted by Crippen LogP contribution is 2.28. The van der Waals surface area contributed by atoms with Gasteiger partial charge in [0.25, 0.3) is 11.6 Å². The number of anilines is 1. The number of carbonyl (C=O) groups excluding carboxylic acids is 1. The van der Waals surface area contributed by atoms with Gasteiger partial charge in [0.05, 0.1) is 9.40 Å². The largest absolute Gasteiger partial charge is 0.508 e. The number of nitro groups is 1. The van der Waals surface area contributed by atoms with Gasteiger partial charge in [-0.15, -0.1) is 0 Å². The molecule has 8 nitrogen and oxygen atoms in total. The molecule has 1 amide bonds. The van der Waals surface area contributed by atoms with Crippen LogP contribution in [0.4, 0.5) is 11.4 Å². The Bertz CT molecular complexity index is 1220. The van der Waals surface area contributed by atoms with Crippen LogP contribution in [-0.4, -0.2) is 15.9 Å². The number of carbonyl (C=O) groups is 1. The smallest absolute Gasteiger partial charge is 0.269 e. The fourth-order valence-corrected chi connectivity index (χ4v) is 3.17. The summed E-state index contributed by atoms with van der Waals surface area (Å²) in [7, 11) is 0. The van der Waals surface area contributed by atoms with Crippen molar-refractivity contribution in [3.05, 3.63) is 98.0 Å². The van der Waals surface area contributed by atoms with Crippen molar-refractivity contribution in [2.24, 2.45) is 0 Å². The Labute approximate surface area is 191 Å². The number of aromatic hydroxyl groups is 1. The summed E-state index contributed by atoms with van der Waals surface area (Å²) in [6.07, 6.45) is 1.45. The molecule has 0 saturated carbocycles. The fraction of sp³-hybridized carbons (Fsp3) is 0.0435.